The molecule has 0 aromatic carbocycles. The highest BCUT2D eigenvalue weighted by Crippen LogP contribution is 2.24. The van der Waals surface area contributed by atoms with Gasteiger partial charge < -0.3 is 4.74 Å². The van der Waals surface area contributed by atoms with Crippen molar-refractivity contribution in [3.8, 4) is 5.88 Å². The molecule has 2 rings (SSSR count). The van der Waals surface area contributed by atoms with Crippen molar-refractivity contribution >= 4 is 28.7 Å². The molecule has 0 unspecified atom stereocenters. The fraction of sp³-hybridized carbons (Fsp3) is 0.100. The molecule has 0 aliphatic rings. The Bertz CT molecular complexity index is 510. The number of halogens is 1. The molecule has 16 heavy (non-hydrogen) atoms. The molecular formula is C10H7ClN2O2S. The van der Waals surface area contributed by atoms with Gasteiger partial charge in [0.1, 0.15) is 5.69 Å². The average molecular weight is 255 g/mol. The van der Waals surface area contributed by atoms with Gasteiger partial charge in [-0.25, -0.2) is 0 Å². The fourth-order valence-corrected chi connectivity index (χ4v) is 2.21. The van der Waals surface area contributed by atoms with Gasteiger partial charge >= 0.3 is 0 Å². The summed E-state index contributed by atoms with van der Waals surface area (Å²) in [6.45, 7) is 0. The molecule has 82 valence electrons. The highest BCUT2D eigenvalue weighted by atomic mass is 35.5. The van der Waals surface area contributed by atoms with Gasteiger partial charge in [0.25, 0.3) is 0 Å². The number of hydrogen-bond acceptors (Lipinski definition) is 5. The first-order chi connectivity index (χ1) is 7.72. The minimum absolute atomic E-state index is 0.227. The molecule has 0 spiro atoms. The molecule has 0 saturated heterocycles. The van der Waals surface area contributed by atoms with E-state index in [1.165, 1.54) is 18.4 Å². The number of carbonyl (C=O) groups excluding carboxylic acids is 1. The number of methoxy groups -OCH3 is 1. The zero-order valence-corrected chi connectivity index (χ0v) is 9.88. The number of carbonyl (C=O) groups is 1. The third-order valence-electron chi connectivity index (χ3n) is 1.91. The van der Waals surface area contributed by atoms with Crippen LogP contribution in [0, 0.1) is 0 Å². The summed E-state index contributed by atoms with van der Waals surface area (Å²) in [4.78, 5) is 12.4. The number of aromatic nitrogens is 2. The summed E-state index contributed by atoms with van der Waals surface area (Å²) in [6.07, 6.45) is 0. The monoisotopic (exact) mass is 254 g/mol. The molecule has 0 atom stereocenters. The van der Waals surface area contributed by atoms with Crippen molar-refractivity contribution in [3.63, 3.8) is 0 Å². The van der Waals surface area contributed by atoms with Crippen LogP contribution in [0.25, 0.3) is 0 Å². The second kappa shape index (κ2) is 4.59. The van der Waals surface area contributed by atoms with Gasteiger partial charge in [-0.2, -0.15) is 0 Å². The third-order valence-corrected chi connectivity index (χ3v) is 3.25. The van der Waals surface area contributed by atoms with Crippen LogP contribution >= 0.6 is 22.9 Å². The van der Waals surface area contributed by atoms with Gasteiger partial charge in [-0.3, -0.25) is 4.79 Å². The minimum atomic E-state index is -0.227. The Kier molecular flexibility index (Phi) is 3.17. The summed E-state index contributed by atoms with van der Waals surface area (Å²) in [7, 11) is 1.49. The maximum atomic E-state index is 11.9. The molecule has 0 saturated carbocycles. The Morgan fingerprint density at radius 1 is 1.38 bits per heavy atom. The lowest BCUT2D eigenvalue weighted by Crippen LogP contribution is -2.04. The normalized spacial score (nSPS) is 10.1. The quantitative estimate of drug-likeness (QED) is 0.790. The number of thiophene rings is 1. The van der Waals surface area contributed by atoms with Crippen molar-refractivity contribution in [2.24, 2.45) is 0 Å². The van der Waals surface area contributed by atoms with Crippen molar-refractivity contribution in [3.05, 3.63) is 39.2 Å². The van der Waals surface area contributed by atoms with E-state index >= 15 is 0 Å². The molecule has 0 aliphatic heterocycles. The zero-order valence-electron chi connectivity index (χ0n) is 8.31. The number of ether oxygens (including phenoxy) is 1. The van der Waals surface area contributed by atoms with Gasteiger partial charge in [0.05, 0.1) is 17.0 Å². The van der Waals surface area contributed by atoms with E-state index in [9.17, 15) is 4.79 Å². The lowest BCUT2D eigenvalue weighted by molar-refractivity contribution is 0.103. The number of ketones is 1. The van der Waals surface area contributed by atoms with Crippen molar-refractivity contribution in [1.82, 2.24) is 10.2 Å². The molecule has 0 bridgehead atoms. The first kappa shape index (κ1) is 11.0. The lowest BCUT2D eigenvalue weighted by Gasteiger charge is -1.99. The number of hydrogen-bond donors (Lipinski definition) is 0. The number of rotatable bonds is 3. The van der Waals surface area contributed by atoms with Gasteiger partial charge in [0, 0.05) is 6.07 Å². The summed E-state index contributed by atoms with van der Waals surface area (Å²) >= 11 is 7.14. The molecule has 2 aromatic heterocycles. The summed E-state index contributed by atoms with van der Waals surface area (Å²) in [5, 5.41) is 9.69. The Labute approximate surface area is 101 Å². The predicted octanol–water partition coefficient (Wildman–Crippen LogP) is 2.43. The molecule has 6 heteroatoms. The van der Waals surface area contributed by atoms with Crippen LogP contribution in [0.1, 0.15) is 15.4 Å². The highest BCUT2D eigenvalue weighted by Gasteiger charge is 2.16. The molecule has 2 heterocycles. The van der Waals surface area contributed by atoms with Crippen LogP contribution in [0.2, 0.25) is 5.02 Å². The lowest BCUT2D eigenvalue weighted by atomic mass is 10.2. The molecule has 0 aliphatic carbocycles. The van der Waals surface area contributed by atoms with Gasteiger partial charge in [-0.1, -0.05) is 11.6 Å². The van der Waals surface area contributed by atoms with E-state index in [4.69, 9.17) is 16.3 Å². The zero-order chi connectivity index (χ0) is 11.5. The molecule has 0 radical (unpaired) electrons. The van der Waals surface area contributed by atoms with Crippen molar-refractivity contribution < 1.29 is 9.53 Å². The summed E-state index contributed by atoms with van der Waals surface area (Å²) in [5.41, 5.74) is 0.255. The van der Waals surface area contributed by atoms with Crippen LogP contribution in [-0.4, -0.2) is 23.1 Å². The maximum absolute atomic E-state index is 11.9. The second-order valence-electron chi connectivity index (χ2n) is 2.89. The van der Waals surface area contributed by atoms with Crippen molar-refractivity contribution in [2.75, 3.05) is 7.11 Å². The first-order valence-electron chi connectivity index (χ1n) is 4.38. The van der Waals surface area contributed by atoms with E-state index in [0.717, 1.165) is 0 Å². The predicted molar refractivity (Wildman–Crippen MR) is 61.3 cm³/mol. The van der Waals surface area contributed by atoms with Crippen LogP contribution in [0.15, 0.2) is 23.6 Å². The topological polar surface area (TPSA) is 52.1 Å². The largest absolute Gasteiger partial charge is 0.480 e. The second-order valence-corrected chi connectivity index (χ2v) is 4.21. The smallest absolute Gasteiger partial charge is 0.233 e. The highest BCUT2D eigenvalue weighted by molar-refractivity contribution is 7.13. The standard InChI is InChI=1S/C10H7ClN2O2S/c1-15-8-3-2-7(12-13-8)9(14)10-6(11)4-5-16-10/h2-5H,1H3. The van der Waals surface area contributed by atoms with Gasteiger partial charge in [0.2, 0.25) is 11.7 Å². The number of nitrogens with zero attached hydrogens (tertiary/aromatic N) is 2. The summed E-state index contributed by atoms with van der Waals surface area (Å²) < 4.78 is 4.85. The Morgan fingerprint density at radius 3 is 2.69 bits per heavy atom. The molecule has 0 N–H and O–H groups in total. The fourth-order valence-electron chi connectivity index (χ4n) is 1.12. The summed E-state index contributed by atoms with van der Waals surface area (Å²) in [6, 6.07) is 4.82. The first-order valence-corrected chi connectivity index (χ1v) is 5.63. The average Bonchev–Trinajstić information content (AvgIpc) is 2.75. The van der Waals surface area contributed by atoms with E-state index in [2.05, 4.69) is 10.2 Å². The SMILES string of the molecule is COc1ccc(C(=O)c2sccc2Cl)nn1. The van der Waals surface area contributed by atoms with Gasteiger partial charge in [-0.15, -0.1) is 21.5 Å². The van der Waals surface area contributed by atoms with Crippen LogP contribution in [0.5, 0.6) is 5.88 Å². The van der Waals surface area contributed by atoms with E-state index < -0.39 is 0 Å². The third kappa shape index (κ3) is 2.05. The molecular weight excluding hydrogens is 248 g/mol. The molecule has 4 nitrogen and oxygen atoms in total. The van der Waals surface area contributed by atoms with Crippen molar-refractivity contribution in [2.45, 2.75) is 0 Å². The van der Waals surface area contributed by atoms with E-state index in [0.29, 0.717) is 15.8 Å². The Balaban J connectivity index is 2.31. The van der Waals surface area contributed by atoms with E-state index in [1.54, 1.807) is 23.6 Å². The van der Waals surface area contributed by atoms with Gasteiger partial charge in [0.15, 0.2) is 0 Å². The van der Waals surface area contributed by atoms with Crippen LogP contribution in [-0.2, 0) is 0 Å². The van der Waals surface area contributed by atoms with E-state index in [-0.39, 0.29) is 11.5 Å². The van der Waals surface area contributed by atoms with Crippen LogP contribution in [0.4, 0.5) is 0 Å². The van der Waals surface area contributed by atoms with Crippen LogP contribution < -0.4 is 4.74 Å². The molecule has 2 aromatic rings. The maximum Gasteiger partial charge on any atom is 0.233 e. The van der Waals surface area contributed by atoms with E-state index in [1.807, 2.05) is 0 Å². The van der Waals surface area contributed by atoms with Crippen molar-refractivity contribution in [1.29, 1.82) is 0 Å². The summed E-state index contributed by atoms with van der Waals surface area (Å²) in [5.74, 6) is 0.143. The molecule has 0 amide bonds. The molecule has 0 fully saturated rings. The van der Waals surface area contributed by atoms with Gasteiger partial charge in [-0.05, 0) is 17.5 Å². The van der Waals surface area contributed by atoms with Crippen LogP contribution in [0.3, 0.4) is 0 Å². The minimum Gasteiger partial charge on any atom is -0.480 e. The Hall–Kier alpha value is -1.46. The Morgan fingerprint density at radius 2 is 2.19 bits per heavy atom.